The van der Waals surface area contributed by atoms with Gasteiger partial charge in [0.1, 0.15) is 17.8 Å². The first-order chi connectivity index (χ1) is 20.6. The van der Waals surface area contributed by atoms with E-state index < -0.39 is 0 Å². The fraction of sp³-hybridized carbons (Fsp3) is 0.0882. The summed E-state index contributed by atoms with van der Waals surface area (Å²) in [6.45, 7) is 0. The average molecular weight is 553 g/mol. The lowest BCUT2D eigenvalue weighted by atomic mass is 9.81. The fourth-order valence-electron chi connectivity index (χ4n) is 6.02. The number of aromatic hydroxyl groups is 1. The Morgan fingerprint density at radius 1 is 0.786 bits per heavy atom. The van der Waals surface area contributed by atoms with E-state index in [-0.39, 0.29) is 11.7 Å². The van der Waals surface area contributed by atoms with E-state index in [1.807, 2.05) is 72.8 Å². The number of methoxy groups -OCH3 is 2. The molecule has 8 heteroatoms. The van der Waals surface area contributed by atoms with Crippen molar-refractivity contribution in [3.8, 4) is 40.3 Å². The Kier molecular flexibility index (Phi) is 5.30. The third-order valence-corrected chi connectivity index (χ3v) is 7.98. The van der Waals surface area contributed by atoms with E-state index in [0.717, 1.165) is 44.0 Å². The largest absolute Gasteiger partial charge is 0.507 e. The molecule has 0 amide bonds. The molecule has 1 N–H and O–H groups in total. The van der Waals surface area contributed by atoms with E-state index in [1.54, 1.807) is 25.1 Å². The molecule has 8 rings (SSSR count). The molecule has 8 nitrogen and oxygen atoms in total. The zero-order chi connectivity index (χ0) is 28.4. The third kappa shape index (κ3) is 3.51. The van der Waals surface area contributed by atoms with Crippen LogP contribution in [-0.4, -0.2) is 38.9 Å². The highest BCUT2D eigenvalue weighted by atomic mass is 16.5. The molecule has 0 spiro atoms. The predicted octanol–water partition coefficient (Wildman–Crippen LogP) is 7.11. The van der Waals surface area contributed by atoms with Crippen molar-refractivity contribution >= 4 is 27.2 Å². The minimum atomic E-state index is -0.312. The molecule has 5 aromatic carbocycles. The first kappa shape index (κ1) is 24.2. The first-order valence-corrected chi connectivity index (χ1v) is 13.5. The minimum Gasteiger partial charge on any atom is -0.507 e. The van der Waals surface area contributed by atoms with Gasteiger partial charge in [-0.1, -0.05) is 66.7 Å². The summed E-state index contributed by atoms with van der Waals surface area (Å²) in [5.74, 6) is 2.65. The molecule has 7 aromatic rings. The fourth-order valence-corrected chi connectivity index (χ4v) is 6.02. The lowest BCUT2D eigenvalue weighted by molar-refractivity contribution is 0.354. The Morgan fingerprint density at radius 2 is 1.52 bits per heavy atom. The topological polar surface area (TPSA) is 91.0 Å². The highest BCUT2D eigenvalue weighted by molar-refractivity contribution is 5.94. The summed E-state index contributed by atoms with van der Waals surface area (Å²) in [5.41, 5.74) is 3.86. The number of phenols is 1. The number of nitrogens with zero attached hydrogens (tertiary/aromatic N) is 4. The molecule has 0 aliphatic carbocycles. The number of benzene rings is 5. The Hall–Kier alpha value is -5.63. The van der Waals surface area contributed by atoms with Crippen LogP contribution in [0.2, 0.25) is 0 Å². The molecule has 0 saturated heterocycles. The van der Waals surface area contributed by atoms with Crippen LogP contribution in [0.15, 0.2) is 97.3 Å². The summed E-state index contributed by atoms with van der Waals surface area (Å²) < 4.78 is 19.3. The number of rotatable bonds is 4. The number of ether oxygens (including phenoxy) is 3. The average Bonchev–Trinajstić information content (AvgIpc) is 3.48. The van der Waals surface area contributed by atoms with Crippen molar-refractivity contribution in [2.24, 2.45) is 0 Å². The van der Waals surface area contributed by atoms with E-state index in [1.165, 1.54) is 0 Å². The Balaban J connectivity index is 1.41. The second-order valence-electron chi connectivity index (χ2n) is 10.2. The zero-order valence-electron chi connectivity index (χ0n) is 22.8. The number of hydrogen-bond acceptors (Lipinski definition) is 7. The summed E-state index contributed by atoms with van der Waals surface area (Å²) in [5, 5.41) is 19.8. The SMILES string of the molecule is COc1ccc(C2c3c(ccc4ccccc34)Oc3ncn4nc(-c5ccc6ccccc6c5O)nc4c32)cc1OC. The maximum atomic E-state index is 11.2. The van der Waals surface area contributed by atoms with E-state index in [2.05, 4.69) is 23.2 Å². The lowest BCUT2D eigenvalue weighted by Gasteiger charge is -2.29. The molecule has 0 saturated carbocycles. The second kappa shape index (κ2) is 9.21. The first-order valence-electron chi connectivity index (χ1n) is 13.5. The molecule has 3 heterocycles. The van der Waals surface area contributed by atoms with Gasteiger partial charge in [0.25, 0.3) is 0 Å². The molecule has 0 fully saturated rings. The molecule has 1 aliphatic rings. The molecular weight excluding hydrogens is 528 g/mol. The van der Waals surface area contributed by atoms with Gasteiger partial charge in [-0.15, -0.1) is 5.10 Å². The van der Waals surface area contributed by atoms with E-state index in [9.17, 15) is 5.11 Å². The van der Waals surface area contributed by atoms with Crippen LogP contribution in [0.5, 0.6) is 28.9 Å². The van der Waals surface area contributed by atoms with Crippen molar-refractivity contribution < 1.29 is 19.3 Å². The Morgan fingerprint density at radius 3 is 2.33 bits per heavy atom. The van der Waals surface area contributed by atoms with Crippen LogP contribution >= 0.6 is 0 Å². The smallest absolute Gasteiger partial charge is 0.228 e. The van der Waals surface area contributed by atoms with Crippen molar-refractivity contribution in [2.45, 2.75) is 5.92 Å². The van der Waals surface area contributed by atoms with Gasteiger partial charge in [0.2, 0.25) is 5.88 Å². The highest BCUT2D eigenvalue weighted by Crippen LogP contribution is 2.51. The van der Waals surface area contributed by atoms with E-state index in [0.29, 0.717) is 34.4 Å². The third-order valence-electron chi connectivity index (χ3n) is 7.98. The summed E-state index contributed by atoms with van der Waals surface area (Å²) in [6.07, 6.45) is 1.60. The van der Waals surface area contributed by atoms with Crippen molar-refractivity contribution in [3.63, 3.8) is 0 Å². The van der Waals surface area contributed by atoms with Crippen LogP contribution in [0.25, 0.3) is 38.6 Å². The Labute approximate surface area is 240 Å². The quantitative estimate of drug-likeness (QED) is 0.249. The predicted molar refractivity (Wildman–Crippen MR) is 160 cm³/mol. The van der Waals surface area contributed by atoms with Crippen LogP contribution in [0.4, 0.5) is 0 Å². The molecule has 2 aromatic heterocycles. The van der Waals surface area contributed by atoms with Gasteiger partial charge in [-0.2, -0.15) is 0 Å². The van der Waals surface area contributed by atoms with Crippen molar-refractivity contribution in [3.05, 3.63) is 114 Å². The van der Waals surface area contributed by atoms with Gasteiger partial charge in [0.15, 0.2) is 23.0 Å². The van der Waals surface area contributed by atoms with Crippen LogP contribution in [0.3, 0.4) is 0 Å². The van der Waals surface area contributed by atoms with Gasteiger partial charge in [0.05, 0.1) is 25.3 Å². The lowest BCUT2D eigenvalue weighted by Crippen LogP contribution is -2.15. The Bertz CT molecular complexity index is 2190. The number of fused-ring (bicyclic) bond motifs is 7. The molecule has 1 atom stereocenters. The van der Waals surface area contributed by atoms with Gasteiger partial charge in [-0.05, 0) is 46.0 Å². The van der Waals surface area contributed by atoms with Crippen molar-refractivity contribution in [1.29, 1.82) is 0 Å². The van der Waals surface area contributed by atoms with Gasteiger partial charge in [-0.25, -0.2) is 14.5 Å². The maximum absolute atomic E-state index is 11.2. The summed E-state index contributed by atoms with van der Waals surface area (Å²) in [7, 11) is 3.25. The van der Waals surface area contributed by atoms with Crippen molar-refractivity contribution in [1.82, 2.24) is 19.6 Å². The van der Waals surface area contributed by atoms with Crippen LogP contribution in [-0.2, 0) is 0 Å². The summed E-state index contributed by atoms with van der Waals surface area (Å²) >= 11 is 0. The highest BCUT2D eigenvalue weighted by Gasteiger charge is 2.35. The number of aromatic nitrogens is 4. The van der Waals surface area contributed by atoms with Crippen LogP contribution < -0.4 is 14.2 Å². The molecule has 1 aliphatic heterocycles. The summed E-state index contributed by atoms with van der Waals surface area (Å²) in [4.78, 5) is 9.66. The van der Waals surface area contributed by atoms with Gasteiger partial charge >= 0.3 is 0 Å². The second-order valence-corrected chi connectivity index (χ2v) is 10.2. The number of hydrogen-bond donors (Lipinski definition) is 1. The monoisotopic (exact) mass is 552 g/mol. The van der Waals surface area contributed by atoms with Gasteiger partial charge in [-0.3, -0.25) is 0 Å². The van der Waals surface area contributed by atoms with Crippen LogP contribution in [0, 0.1) is 0 Å². The maximum Gasteiger partial charge on any atom is 0.228 e. The van der Waals surface area contributed by atoms with Crippen LogP contribution in [0.1, 0.15) is 22.6 Å². The molecule has 0 radical (unpaired) electrons. The van der Waals surface area contributed by atoms with E-state index in [4.69, 9.17) is 24.3 Å². The van der Waals surface area contributed by atoms with Gasteiger partial charge < -0.3 is 19.3 Å². The van der Waals surface area contributed by atoms with E-state index >= 15 is 0 Å². The van der Waals surface area contributed by atoms with Gasteiger partial charge in [0, 0.05) is 16.9 Å². The van der Waals surface area contributed by atoms with Crippen molar-refractivity contribution in [2.75, 3.05) is 14.2 Å². The minimum absolute atomic E-state index is 0.134. The molecule has 1 unspecified atom stereocenters. The molecule has 204 valence electrons. The molecule has 0 bridgehead atoms. The molecular formula is C34H24N4O4. The number of phenolic OH excluding ortho intramolecular Hbond substituents is 1. The molecule has 42 heavy (non-hydrogen) atoms. The normalized spacial score (nSPS) is 14.0. The zero-order valence-corrected chi connectivity index (χ0v) is 22.8. The summed E-state index contributed by atoms with van der Waals surface area (Å²) in [6, 6.07) is 29.7. The standard InChI is InChI=1S/C34H24N4O4/c1-40-25-15-13-21(17-27(25)41-2)28-29-22-9-5-3-7-19(22)12-16-26(29)42-34-30(28)33-36-32(37-38(33)18-35-34)24-14-11-20-8-4-6-10-23(20)31(24)39/h3-18,28,39H,1-2H3.